The number of fused-ring (bicyclic) bond motifs is 1. The molecular formula is C30H35F3N2O. The normalized spacial score (nSPS) is 26.3. The van der Waals surface area contributed by atoms with E-state index < -0.39 is 17.7 Å². The molecule has 2 bridgehead atoms. The molecule has 1 saturated carbocycles. The fourth-order valence-corrected chi connectivity index (χ4v) is 7.05. The van der Waals surface area contributed by atoms with Crippen LogP contribution in [0.5, 0.6) is 0 Å². The molecule has 0 radical (unpaired) electrons. The number of hydrogen-bond donors (Lipinski definition) is 1. The predicted octanol–water partition coefficient (Wildman–Crippen LogP) is 6.99. The zero-order valence-electron chi connectivity index (χ0n) is 21.1. The molecule has 2 aliphatic carbocycles. The van der Waals surface area contributed by atoms with Crippen molar-refractivity contribution < 1.29 is 18.0 Å². The van der Waals surface area contributed by atoms with Crippen molar-refractivity contribution in [2.24, 2.45) is 11.8 Å². The Bertz CT molecular complexity index is 1140. The number of anilines is 1. The van der Waals surface area contributed by atoms with E-state index in [0.29, 0.717) is 29.1 Å². The number of piperidine rings is 1. The number of halogens is 3. The summed E-state index contributed by atoms with van der Waals surface area (Å²) in [4.78, 5) is 15.5. The molecule has 2 aromatic rings. The number of rotatable bonds is 5. The van der Waals surface area contributed by atoms with E-state index in [0.717, 1.165) is 38.4 Å². The van der Waals surface area contributed by atoms with Gasteiger partial charge in [0.1, 0.15) is 5.57 Å². The quantitative estimate of drug-likeness (QED) is 0.453. The maximum Gasteiger partial charge on any atom is 0.421 e. The summed E-state index contributed by atoms with van der Waals surface area (Å²) in [6.07, 6.45) is 2.96. The van der Waals surface area contributed by atoms with Crippen LogP contribution in [0.4, 0.5) is 18.9 Å². The third-order valence-corrected chi connectivity index (χ3v) is 8.47. The monoisotopic (exact) mass is 496 g/mol. The summed E-state index contributed by atoms with van der Waals surface area (Å²) < 4.78 is 41.4. The van der Waals surface area contributed by atoms with E-state index in [4.69, 9.17) is 0 Å². The smallest absolute Gasteiger partial charge is 0.322 e. The standard InChI is InChI=1S/C30H35F3N2O/c1-20(2)19-35-15-14-29-13-7-6-10-24(29)27(35)17-22-11-12-23(18-25(22)29)34-28(36)26(30(31,32)33)16-21-8-4-3-5-9-21/h3-5,8-9,11-12,16,18,20,24,27H,6-7,10,13-15,17,19H2,1-2H3,(H,34,36)/t24-,27+,29+/m0/s1. The Balaban J connectivity index is 1.46. The SMILES string of the molecule is CC(C)CN1CC[C@]23CCCC[C@H]2[C@H]1Cc1ccc(NC(=O)C(=Cc2ccccc2)C(F)(F)F)cc13. The summed E-state index contributed by atoms with van der Waals surface area (Å²) in [5.74, 6) is 0.0668. The highest BCUT2D eigenvalue weighted by atomic mass is 19.4. The molecule has 6 heteroatoms. The van der Waals surface area contributed by atoms with Crippen molar-refractivity contribution in [3.05, 3.63) is 70.8 Å². The largest absolute Gasteiger partial charge is 0.421 e. The molecule has 1 heterocycles. The topological polar surface area (TPSA) is 32.3 Å². The van der Waals surface area contributed by atoms with Crippen LogP contribution in [0.25, 0.3) is 6.08 Å². The lowest BCUT2D eigenvalue weighted by Crippen LogP contribution is -2.61. The van der Waals surface area contributed by atoms with Crippen molar-refractivity contribution in [1.29, 1.82) is 0 Å². The first-order chi connectivity index (χ1) is 17.2. The lowest BCUT2D eigenvalue weighted by Gasteiger charge is -2.59. The molecular weight excluding hydrogens is 461 g/mol. The van der Waals surface area contributed by atoms with Gasteiger partial charge in [0.05, 0.1) is 0 Å². The maximum atomic E-state index is 13.8. The van der Waals surface area contributed by atoms with Crippen LogP contribution in [0, 0.1) is 11.8 Å². The summed E-state index contributed by atoms with van der Waals surface area (Å²) in [6.45, 7) is 6.72. The van der Waals surface area contributed by atoms with Gasteiger partial charge in [0.25, 0.3) is 5.91 Å². The Hall–Kier alpha value is -2.60. The average Bonchev–Trinajstić information content (AvgIpc) is 2.84. The fraction of sp³-hybridized carbons (Fsp3) is 0.500. The number of hydrogen-bond acceptors (Lipinski definition) is 2. The Kier molecular flexibility index (Phi) is 6.75. The van der Waals surface area contributed by atoms with E-state index in [1.807, 2.05) is 12.1 Å². The molecule has 3 aliphatic rings. The Morgan fingerprint density at radius 2 is 1.92 bits per heavy atom. The first kappa shape index (κ1) is 25.1. The van der Waals surface area contributed by atoms with Gasteiger partial charge in [-0.25, -0.2) is 0 Å². The van der Waals surface area contributed by atoms with Crippen LogP contribution in [-0.2, 0) is 16.6 Å². The van der Waals surface area contributed by atoms with Crippen LogP contribution in [0.3, 0.4) is 0 Å². The second-order valence-electron chi connectivity index (χ2n) is 11.2. The van der Waals surface area contributed by atoms with Crippen molar-refractivity contribution in [2.75, 3.05) is 18.4 Å². The fourth-order valence-electron chi connectivity index (χ4n) is 7.05. The van der Waals surface area contributed by atoms with Gasteiger partial charge in [0.2, 0.25) is 0 Å². The summed E-state index contributed by atoms with van der Waals surface area (Å²) in [5.41, 5.74) is 2.21. The molecule has 36 heavy (non-hydrogen) atoms. The van der Waals surface area contributed by atoms with Crippen LogP contribution >= 0.6 is 0 Å². The summed E-state index contributed by atoms with van der Waals surface area (Å²) in [7, 11) is 0. The van der Waals surface area contributed by atoms with E-state index >= 15 is 0 Å². The molecule has 1 aliphatic heterocycles. The van der Waals surface area contributed by atoms with E-state index in [2.05, 4.69) is 24.1 Å². The molecule has 192 valence electrons. The number of nitrogens with zero attached hydrogens (tertiary/aromatic N) is 1. The molecule has 0 aromatic heterocycles. The van der Waals surface area contributed by atoms with Crippen molar-refractivity contribution in [1.82, 2.24) is 4.90 Å². The molecule has 2 fully saturated rings. The van der Waals surface area contributed by atoms with Gasteiger partial charge in [-0.1, -0.05) is 63.1 Å². The van der Waals surface area contributed by atoms with Gasteiger partial charge in [-0.15, -0.1) is 0 Å². The van der Waals surface area contributed by atoms with Gasteiger partial charge < -0.3 is 5.32 Å². The maximum absolute atomic E-state index is 13.8. The number of alkyl halides is 3. The van der Waals surface area contributed by atoms with E-state index in [1.54, 1.807) is 36.4 Å². The van der Waals surface area contributed by atoms with Crippen LogP contribution in [0.1, 0.15) is 62.6 Å². The molecule has 1 saturated heterocycles. The molecule has 3 nitrogen and oxygen atoms in total. The first-order valence-corrected chi connectivity index (χ1v) is 13.2. The molecule has 3 atom stereocenters. The number of amides is 1. The zero-order valence-corrected chi connectivity index (χ0v) is 21.1. The van der Waals surface area contributed by atoms with Gasteiger partial charge in [-0.3, -0.25) is 9.69 Å². The molecule has 0 unspecified atom stereocenters. The van der Waals surface area contributed by atoms with Gasteiger partial charge in [0, 0.05) is 23.7 Å². The van der Waals surface area contributed by atoms with E-state index in [-0.39, 0.29) is 5.41 Å². The van der Waals surface area contributed by atoms with Crippen LogP contribution in [0.15, 0.2) is 54.1 Å². The Labute approximate surface area is 211 Å². The third kappa shape index (κ3) is 4.72. The van der Waals surface area contributed by atoms with Gasteiger partial charge in [-0.2, -0.15) is 13.2 Å². The predicted molar refractivity (Wildman–Crippen MR) is 138 cm³/mol. The van der Waals surface area contributed by atoms with Crippen LogP contribution in [-0.4, -0.2) is 36.1 Å². The second kappa shape index (κ2) is 9.70. The summed E-state index contributed by atoms with van der Waals surface area (Å²) >= 11 is 0. The molecule has 5 rings (SSSR count). The lowest BCUT2D eigenvalue weighted by atomic mass is 9.52. The zero-order chi connectivity index (χ0) is 25.5. The highest BCUT2D eigenvalue weighted by Crippen LogP contribution is 2.56. The van der Waals surface area contributed by atoms with E-state index in [9.17, 15) is 18.0 Å². The minimum atomic E-state index is -4.75. The second-order valence-corrected chi connectivity index (χ2v) is 11.2. The van der Waals surface area contributed by atoms with Crippen molar-refractivity contribution >= 4 is 17.7 Å². The molecule has 1 amide bonds. The molecule has 1 N–H and O–H groups in total. The first-order valence-electron chi connectivity index (χ1n) is 13.2. The number of carbonyl (C=O) groups is 1. The number of benzene rings is 2. The highest BCUT2D eigenvalue weighted by Gasteiger charge is 2.53. The highest BCUT2D eigenvalue weighted by molar-refractivity contribution is 6.07. The van der Waals surface area contributed by atoms with Crippen molar-refractivity contribution in [3.63, 3.8) is 0 Å². The Morgan fingerprint density at radius 3 is 2.64 bits per heavy atom. The Morgan fingerprint density at radius 1 is 1.14 bits per heavy atom. The van der Waals surface area contributed by atoms with E-state index in [1.165, 1.54) is 30.4 Å². The lowest BCUT2D eigenvalue weighted by molar-refractivity contribution is -0.126. The average molecular weight is 497 g/mol. The molecule has 0 spiro atoms. The summed E-state index contributed by atoms with van der Waals surface area (Å²) in [5, 5.41) is 2.58. The van der Waals surface area contributed by atoms with Crippen LogP contribution in [0.2, 0.25) is 0 Å². The van der Waals surface area contributed by atoms with Gasteiger partial charge in [-0.05, 0) is 79.0 Å². The minimum Gasteiger partial charge on any atom is -0.322 e. The number of likely N-dealkylation sites (tertiary alicyclic amines) is 1. The summed E-state index contributed by atoms with van der Waals surface area (Å²) in [6, 6.07) is 14.5. The third-order valence-electron chi connectivity index (χ3n) is 8.47. The van der Waals surface area contributed by atoms with Crippen molar-refractivity contribution in [2.45, 2.75) is 70.0 Å². The number of nitrogens with one attached hydrogen (secondary N) is 1. The minimum absolute atomic E-state index is 0.0669. The van der Waals surface area contributed by atoms with Gasteiger partial charge >= 0.3 is 6.18 Å². The van der Waals surface area contributed by atoms with Gasteiger partial charge in [0.15, 0.2) is 0 Å². The van der Waals surface area contributed by atoms with Crippen molar-refractivity contribution in [3.8, 4) is 0 Å². The van der Waals surface area contributed by atoms with Crippen LogP contribution < -0.4 is 5.32 Å². The molecule has 2 aromatic carbocycles. The number of carbonyl (C=O) groups excluding carboxylic acids is 1.